The molecule has 1 aliphatic heterocycles. The van der Waals surface area contributed by atoms with Crippen LogP contribution in [0.25, 0.3) is 0 Å². The van der Waals surface area contributed by atoms with Crippen LogP contribution in [-0.4, -0.2) is 53.3 Å². The Hall–Kier alpha value is -2.31. The minimum absolute atomic E-state index is 0.240. The third kappa shape index (κ3) is 4.59. The van der Waals surface area contributed by atoms with Crippen LogP contribution in [0.2, 0.25) is 0 Å². The van der Waals surface area contributed by atoms with Crippen molar-refractivity contribution in [1.29, 1.82) is 0 Å². The van der Waals surface area contributed by atoms with Gasteiger partial charge in [-0.25, -0.2) is 14.6 Å². The van der Waals surface area contributed by atoms with Crippen molar-refractivity contribution < 1.29 is 23.8 Å². The Kier molecular flexibility index (Phi) is 5.31. The molecule has 1 saturated heterocycles. The predicted molar refractivity (Wildman–Crippen MR) is 86.8 cm³/mol. The van der Waals surface area contributed by atoms with E-state index in [4.69, 9.17) is 14.2 Å². The van der Waals surface area contributed by atoms with Crippen LogP contribution in [0.15, 0.2) is 18.3 Å². The Labute approximate surface area is 141 Å². The lowest BCUT2D eigenvalue weighted by atomic mass is 10.2. The van der Waals surface area contributed by atoms with Crippen molar-refractivity contribution in [3.05, 3.63) is 23.9 Å². The van der Waals surface area contributed by atoms with Gasteiger partial charge in [-0.05, 0) is 33.3 Å². The Balaban J connectivity index is 2.09. The maximum absolute atomic E-state index is 12.4. The second-order valence-electron chi connectivity index (χ2n) is 6.82. The highest BCUT2D eigenvalue weighted by Crippen LogP contribution is 2.25. The molecule has 7 nitrogen and oxygen atoms in total. The van der Waals surface area contributed by atoms with Crippen LogP contribution in [0.5, 0.6) is 5.88 Å². The molecule has 0 bridgehead atoms. The Morgan fingerprint density at radius 2 is 2.00 bits per heavy atom. The van der Waals surface area contributed by atoms with Crippen LogP contribution < -0.4 is 4.74 Å². The summed E-state index contributed by atoms with van der Waals surface area (Å²) in [5.74, 6) is -0.0240. The third-order valence-electron chi connectivity index (χ3n) is 3.54. The molecular weight excluding hydrogens is 312 g/mol. The number of rotatable bonds is 3. The molecule has 1 fully saturated rings. The van der Waals surface area contributed by atoms with Gasteiger partial charge in [-0.1, -0.05) is 6.07 Å². The molecule has 132 valence electrons. The zero-order chi connectivity index (χ0) is 17.9. The van der Waals surface area contributed by atoms with Gasteiger partial charge in [0, 0.05) is 18.7 Å². The third-order valence-corrected chi connectivity index (χ3v) is 3.54. The van der Waals surface area contributed by atoms with Gasteiger partial charge in [0.25, 0.3) is 0 Å². The number of carbonyl (C=O) groups excluding carboxylic acids is 2. The van der Waals surface area contributed by atoms with Gasteiger partial charge in [0.2, 0.25) is 5.88 Å². The van der Waals surface area contributed by atoms with Gasteiger partial charge >= 0.3 is 12.1 Å². The first kappa shape index (κ1) is 18.0. The fourth-order valence-corrected chi connectivity index (χ4v) is 2.46. The molecule has 2 rings (SSSR count). The maximum atomic E-state index is 12.4. The van der Waals surface area contributed by atoms with E-state index in [2.05, 4.69) is 4.98 Å². The van der Waals surface area contributed by atoms with Crippen molar-refractivity contribution in [1.82, 2.24) is 9.88 Å². The van der Waals surface area contributed by atoms with Crippen LogP contribution in [0.1, 0.15) is 32.8 Å². The maximum Gasteiger partial charge on any atom is 0.411 e. The summed E-state index contributed by atoms with van der Waals surface area (Å²) in [7, 11) is 1.30. The standard InChI is InChI=1S/C17H24N2O5/c1-11-6-7-14(18-9-11)23-12-8-13(15(20)22-5)19(10-12)16(21)24-17(2,3)4/h6-7,9,12-13H,8,10H2,1-5H3/t12-,13+/m0/s1. The highest BCUT2D eigenvalue weighted by atomic mass is 16.6. The van der Waals surface area contributed by atoms with E-state index in [0.29, 0.717) is 12.3 Å². The highest BCUT2D eigenvalue weighted by molar-refractivity contribution is 5.82. The molecule has 0 unspecified atom stereocenters. The van der Waals surface area contributed by atoms with Crippen LogP contribution in [0.3, 0.4) is 0 Å². The molecule has 1 aromatic heterocycles. The summed E-state index contributed by atoms with van der Waals surface area (Å²) in [6.45, 7) is 7.50. The number of amides is 1. The van der Waals surface area contributed by atoms with E-state index in [0.717, 1.165) is 5.56 Å². The molecule has 1 amide bonds. The topological polar surface area (TPSA) is 78.0 Å². The molecule has 2 heterocycles. The van der Waals surface area contributed by atoms with E-state index in [9.17, 15) is 9.59 Å². The first-order valence-corrected chi connectivity index (χ1v) is 7.86. The van der Waals surface area contributed by atoms with E-state index >= 15 is 0 Å². The van der Waals surface area contributed by atoms with E-state index < -0.39 is 23.7 Å². The van der Waals surface area contributed by atoms with Crippen molar-refractivity contribution in [3.63, 3.8) is 0 Å². The number of likely N-dealkylation sites (tertiary alicyclic amines) is 1. The molecule has 0 N–H and O–H groups in total. The molecule has 2 atom stereocenters. The number of esters is 1. The molecule has 0 saturated carbocycles. The Morgan fingerprint density at radius 1 is 1.29 bits per heavy atom. The summed E-state index contributed by atoms with van der Waals surface area (Å²) in [5, 5.41) is 0. The monoisotopic (exact) mass is 336 g/mol. The molecule has 0 aliphatic carbocycles. The van der Waals surface area contributed by atoms with Gasteiger partial charge in [-0.2, -0.15) is 0 Å². The van der Waals surface area contributed by atoms with Crippen LogP contribution in [0, 0.1) is 6.92 Å². The lowest BCUT2D eigenvalue weighted by molar-refractivity contribution is -0.145. The van der Waals surface area contributed by atoms with Gasteiger partial charge in [-0.3, -0.25) is 4.90 Å². The fourth-order valence-electron chi connectivity index (χ4n) is 2.46. The van der Waals surface area contributed by atoms with Gasteiger partial charge in [0.1, 0.15) is 17.7 Å². The molecule has 0 aromatic carbocycles. The van der Waals surface area contributed by atoms with Gasteiger partial charge < -0.3 is 14.2 Å². The quantitative estimate of drug-likeness (QED) is 0.788. The van der Waals surface area contributed by atoms with Gasteiger partial charge in [0.05, 0.1) is 13.7 Å². The summed E-state index contributed by atoms with van der Waals surface area (Å²) in [6, 6.07) is 2.93. The number of hydrogen-bond donors (Lipinski definition) is 0. The second kappa shape index (κ2) is 7.07. The Morgan fingerprint density at radius 3 is 2.54 bits per heavy atom. The summed E-state index contributed by atoms with van der Waals surface area (Å²) in [5.41, 5.74) is 0.381. The highest BCUT2D eigenvalue weighted by Gasteiger charge is 2.43. The van der Waals surface area contributed by atoms with E-state index in [1.165, 1.54) is 12.0 Å². The molecule has 0 spiro atoms. The zero-order valence-electron chi connectivity index (χ0n) is 14.7. The predicted octanol–water partition coefficient (Wildman–Crippen LogP) is 2.32. The molecular formula is C17H24N2O5. The fraction of sp³-hybridized carbons (Fsp3) is 0.588. The van der Waals surface area contributed by atoms with Crippen LogP contribution >= 0.6 is 0 Å². The average Bonchev–Trinajstić information content (AvgIpc) is 2.91. The number of ether oxygens (including phenoxy) is 3. The Bertz CT molecular complexity index is 594. The second-order valence-corrected chi connectivity index (χ2v) is 6.82. The van der Waals surface area contributed by atoms with E-state index in [1.54, 1.807) is 33.0 Å². The minimum Gasteiger partial charge on any atom is -0.472 e. The van der Waals surface area contributed by atoms with E-state index in [-0.39, 0.29) is 12.6 Å². The van der Waals surface area contributed by atoms with Crippen molar-refractivity contribution in [3.8, 4) is 5.88 Å². The van der Waals surface area contributed by atoms with Crippen LogP contribution in [-0.2, 0) is 14.3 Å². The molecule has 24 heavy (non-hydrogen) atoms. The lowest BCUT2D eigenvalue weighted by Crippen LogP contribution is -2.44. The summed E-state index contributed by atoms with van der Waals surface area (Å²) in [6.07, 6.45) is 1.13. The van der Waals surface area contributed by atoms with E-state index in [1.807, 2.05) is 13.0 Å². The number of aryl methyl sites for hydroxylation is 1. The van der Waals surface area contributed by atoms with Gasteiger partial charge in [-0.15, -0.1) is 0 Å². The number of carbonyl (C=O) groups is 2. The number of hydrogen-bond acceptors (Lipinski definition) is 6. The SMILES string of the molecule is COC(=O)[C@H]1C[C@H](Oc2ccc(C)cn2)CN1C(=O)OC(C)(C)C. The normalized spacial score (nSPS) is 20.6. The number of methoxy groups -OCH3 is 1. The first-order valence-electron chi connectivity index (χ1n) is 7.86. The lowest BCUT2D eigenvalue weighted by Gasteiger charge is -2.27. The van der Waals surface area contributed by atoms with Gasteiger partial charge in [0.15, 0.2) is 0 Å². The van der Waals surface area contributed by atoms with Crippen molar-refractivity contribution in [2.45, 2.75) is 51.9 Å². The van der Waals surface area contributed by atoms with Crippen LogP contribution in [0.4, 0.5) is 4.79 Å². The molecule has 0 radical (unpaired) electrons. The number of nitrogens with zero attached hydrogens (tertiary/aromatic N) is 2. The molecule has 1 aliphatic rings. The van der Waals surface area contributed by atoms with Crippen molar-refractivity contribution >= 4 is 12.1 Å². The molecule has 7 heteroatoms. The summed E-state index contributed by atoms with van der Waals surface area (Å²) < 4.78 is 16.0. The summed E-state index contributed by atoms with van der Waals surface area (Å²) >= 11 is 0. The zero-order valence-corrected chi connectivity index (χ0v) is 14.7. The van der Waals surface area contributed by atoms with Crippen molar-refractivity contribution in [2.75, 3.05) is 13.7 Å². The number of aromatic nitrogens is 1. The van der Waals surface area contributed by atoms with Crippen molar-refractivity contribution in [2.24, 2.45) is 0 Å². The number of pyridine rings is 1. The summed E-state index contributed by atoms with van der Waals surface area (Å²) in [4.78, 5) is 29.9. The average molecular weight is 336 g/mol. The largest absolute Gasteiger partial charge is 0.472 e. The smallest absolute Gasteiger partial charge is 0.411 e. The molecule has 1 aromatic rings. The first-order chi connectivity index (χ1) is 11.2. The minimum atomic E-state index is -0.722.